The van der Waals surface area contributed by atoms with Crippen LogP contribution in [-0.2, 0) is 24.9 Å². The van der Waals surface area contributed by atoms with E-state index in [-0.39, 0.29) is 18.3 Å². The zero-order valence-electron chi connectivity index (χ0n) is 20.9. The molecular weight excluding hydrogens is 486 g/mol. The van der Waals surface area contributed by atoms with Gasteiger partial charge in [0.15, 0.2) is 5.65 Å². The number of rotatable bonds is 6. The predicted octanol–water partition coefficient (Wildman–Crippen LogP) is 1.74. The van der Waals surface area contributed by atoms with Crippen LogP contribution >= 0.6 is 0 Å². The highest BCUT2D eigenvalue weighted by molar-refractivity contribution is 6.03. The van der Waals surface area contributed by atoms with E-state index >= 15 is 0 Å². The lowest BCUT2D eigenvalue weighted by Gasteiger charge is -2.26. The van der Waals surface area contributed by atoms with Gasteiger partial charge in [-0.15, -0.1) is 10.2 Å². The van der Waals surface area contributed by atoms with E-state index in [4.69, 9.17) is 0 Å². The number of amides is 2. The largest absolute Gasteiger partial charge is 0.333 e. The lowest BCUT2D eigenvalue weighted by molar-refractivity contribution is -0.117. The van der Waals surface area contributed by atoms with Crippen LogP contribution in [0.15, 0.2) is 55.4 Å². The second kappa shape index (κ2) is 9.52. The number of hydrogen-bond acceptors (Lipinski definition) is 8. The fourth-order valence-electron chi connectivity index (χ4n) is 4.46. The number of carbonyl (C=O) groups is 2. The zero-order chi connectivity index (χ0) is 26.2. The SMILES string of the molecule is Cc1ncc(NC(=O)CN2CCn3ccnc3C2)cc1NC(=O)c1nnc2cc(-c3cnn(C)c3)ccn12. The number of fused-ring (bicyclic) bond motifs is 2. The Morgan fingerprint density at radius 3 is 2.76 bits per heavy atom. The first-order valence-corrected chi connectivity index (χ1v) is 12.1. The van der Waals surface area contributed by atoms with E-state index in [0.29, 0.717) is 29.3 Å². The van der Waals surface area contributed by atoms with E-state index in [2.05, 4.69) is 40.5 Å². The molecule has 0 fully saturated rings. The molecule has 6 heterocycles. The van der Waals surface area contributed by atoms with Crippen LogP contribution in [0.1, 0.15) is 22.1 Å². The van der Waals surface area contributed by atoms with Gasteiger partial charge < -0.3 is 15.2 Å². The van der Waals surface area contributed by atoms with Crippen LogP contribution in [0, 0.1) is 6.92 Å². The summed E-state index contributed by atoms with van der Waals surface area (Å²) in [5.74, 6) is 0.472. The zero-order valence-corrected chi connectivity index (χ0v) is 20.9. The second-order valence-corrected chi connectivity index (χ2v) is 9.18. The van der Waals surface area contributed by atoms with Crippen LogP contribution < -0.4 is 10.6 Å². The Morgan fingerprint density at radius 1 is 1.03 bits per heavy atom. The van der Waals surface area contributed by atoms with Crippen molar-refractivity contribution < 1.29 is 9.59 Å². The molecule has 0 aromatic carbocycles. The highest BCUT2D eigenvalue weighted by Gasteiger charge is 2.20. The maximum Gasteiger partial charge on any atom is 0.294 e. The van der Waals surface area contributed by atoms with Gasteiger partial charge in [0, 0.05) is 50.5 Å². The molecule has 0 radical (unpaired) electrons. The van der Waals surface area contributed by atoms with Crippen LogP contribution in [0.3, 0.4) is 0 Å². The van der Waals surface area contributed by atoms with Crippen LogP contribution in [0.25, 0.3) is 16.8 Å². The van der Waals surface area contributed by atoms with E-state index in [1.54, 1.807) is 46.9 Å². The molecule has 38 heavy (non-hydrogen) atoms. The number of nitrogens with one attached hydrogen (secondary N) is 2. The molecule has 1 aliphatic heterocycles. The highest BCUT2D eigenvalue weighted by atomic mass is 16.2. The summed E-state index contributed by atoms with van der Waals surface area (Å²) < 4.78 is 5.43. The van der Waals surface area contributed by atoms with Crippen LogP contribution in [-0.4, -0.2) is 68.7 Å². The number of hydrogen-bond donors (Lipinski definition) is 2. The Bertz CT molecular complexity index is 1660. The quantitative estimate of drug-likeness (QED) is 0.351. The Kier molecular flexibility index (Phi) is 5.88. The van der Waals surface area contributed by atoms with E-state index in [9.17, 15) is 9.59 Å². The van der Waals surface area contributed by atoms with Crippen molar-refractivity contribution in [2.24, 2.45) is 7.05 Å². The molecule has 6 rings (SSSR count). The number of pyridine rings is 2. The van der Waals surface area contributed by atoms with Crippen molar-refractivity contribution in [1.29, 1.82) is 0 Å². The van der Waals surface area contributed by atoms with Gasteiger partial charge in [0.25, 0.3) is 5.91 Å². The minimum atomic E-state index is -0.441. The topological polar surface area (TPSA) is 140 Å². The molecule has 0 spiro atoms. The minimum Gasteiger partial charge on any atom is -0.333 e. The van der Waals surface area contributed by atoms with Crippen molar-refractivity contribution in [3.8, 4) is 11.1 Å². The van der Waals surface area contributed by atoms with Gasteiger partial charge in [-0.25, -0.2) is 4.98 Å². The number of carbonyl (C=O) groups excluding carboxylic acids is 2. The first-order chi connectivity index (χ1) is 18.4. The summed E-state index contributed by atoms with van der Waals surface area (Å²) in [6.45, 7) is 4.19. The van der Waals surface area contributed by atoms with Gasteiger partial charge >= 0.3 is 0 Å². The molecule has 2 amide bonds. The monoisotopic (exact) mass is 511 g/mol. The molecule has 1 aliphatic rings. The van der Waals surface area contributed by atoms with E-state index < -0.39 is 5.91 Å². The maximum atomic E-state index is 13.1. The van der Waals surface area contributed by atoms with Crippen LogP contribution in [0.2, 0.25) is 0 Å². The van der Waals surface area contributed by atoms with Gasteiger partial charge in [0.05, 0.1) is 42.6 Å². The molecular formula is C25H25N11O2. The summed E-state index contributed by atoms with van der Waals surface area (Å²) in [6.07, 6.45) is 10.7. The molecule has 0 aliphatic carbocycles. The van der Waals surface area contributed by atoms with Crippen molar-refractivity contribution in [3.63, 3.8) is 0 Å². The van der Waals surface area contributed by atoms with Gasteiger partial charge in [0.1, 0.15) is 5.82 Å². The molecule has 5 aromatic rings. The molecule has 0 bridgehead atoms. The molecule has 13 heteroatoms. The Labute approximate surface area is 217 Å². The highest BCUT2D eigenvalue weighted by Crippen LogP contribution is 2.22. The van der Waals surface area contributed by atoms with E-state index in [0.717, 1.165) is 30.0 Å². The molecule has 0 saturated carbocycles. The lowest BCUT2D eigenvalue weighted by Crippen LogP contribution is -2.39. The van der Waals surface area contributed by atoms with Crippen molar-refractivity contribution >= 4 is 28.8 Å². The van der Waals surface area contributed by atoms with Crippen LogP contribution in [0.5, 0.6) is 0 Å². The number of nitrogens with zero attached hydrogens (tertiary/aromatic N) is 9. The number of aryl methyl sites for hydroxylation is 2. The fourth-order valence-corrected chi connectivity index (χ4v) is 4.46. The third-order valence-electron chi connectivity index (χ3n) is 6.46. The summed E-state index contributed by atoms with van der Waals surface area (Å²) >= 11 is 0. The molecule has 5 aromatic heterocycles. The van der Waals surface area contributed by atoms with E-state index in [1.165, 1.54) is 0 Å². The van der Waals surface area contributed by atoms with Crippen molar-refractivity contribution in [2.75, 3.05) is 23.7 Å². The summed E-state index contributed by atoms with van der Waals surface area (Å²) in [5, 5.41) is 18.2. The molecule has 2 N–H and O–H groups in total. The first kappa shape index (κ1) is 23.5. The lowest BCUT2D eigenvalue weighted by atomic mass is 10.1. The average Bonchev–Trinajstić information content (AvgIpc) is 3.64. The van der Waals surface area contributed by atoms with Crippen molar-refractivity contribution in [1.82, 2.24) is 43.8 Å². The normalized spacial score (nSPS) is 13.4. The Hall–Kier alpha value is -4.91. The smallest absolute Gasteiger partial charge is 0.294 e. The van der Waals surface area contributed by atoms with Crippen molar-refractivity contribution in [3.05, 3.63) is 72.7 Å². The second-order valence-electron chi connectivity index (χ2n) is 9.18. The number of aromatic nitrogens is 8. The minimum absolute atomic E-state index is 0.134. The molecule has 192 valence electrons. The fraction of sp³-hybridized carbons (Fsp3) is 0.240. The number of anilines is 2. The van der Waals surface area contributed by atoms with Gasteiger partial charge in [-0.2, -0.15) is 5.10 Å². The standard InChI is InChI=1S/C25H25N11O2/c1-16-20(10-19(12-27-16)29-23(37)15-34-7-8-35-6-4-26-22(35)14-34)30-25(38)24-32-31-21-9-17(3-5-36(21)24)18-11-28-33(2)13-18/h3-6,9-13H,7-8,14-15H2,1-2H3,(H,29,37)(H,30,38). The first-order valence-electron chi connectivity index (χ1n) is 12.1. The molecule has 0 atom stereocenters. The third-order valence-corrected chi connectivity index (χ3v) is 6.46. The summed E-state index contributed by atoms with van der Waals surface area (Å²) in [6, 6.07) is 5.41. The maximum absolute atomic E-state index is 13.1. The van der Waals surface area contributed by atoms with Crippen LogP contribution in [0.4, 0.5) is 11.4 Å². The third kappa shape index (κ3) is 4.62. The molecule has 0 unspecified atom stereocenters. The van der Waals surface area contributed by atoms with Gasteiger partial charge in [-0.05, 0) is 30.7 Å². The van der Waals surface area contributed by atoms with Gasteiger partial charge in [-0.3, -0.25) is 28.6 Å². The molecule has 13 nitrogen and oxygen atoms in total. The number of imidazole rings is 1. The Balaban J connectivity index is 1.14. The Morgan fingerprint density at radius 2 is 1.92 bits per heavy atom. The summed E-state index contributed by atoms with van der Waals surface area (Å²) in [4.78, 5) is 36.5. The van der Waals surface area contributed by atoms with Gasteiger partial charge in [0.2, 0.25) is 11.7 Å². The predicted molar refractivity (Wildman–Crippen MR) is 138 cm³/mol. The van der Waals surface area contributed by atoms with E-state index in [1.807, 2.05) is 36.5 Å². The summed E-state index contributed by atoms with van der Waals surface area (Å²) in [5.41, 5.74) is 3.96. The van der Waals surface area contributed by atoms with Gasteiger partial charge in [-0.1, -0.05) is 0 Å². The van der Waals surface area contributed by atoms with Crippen molar-refractivity contribution in [2.45, 2.75) is 20.0 Å². The summed E-state index contributed by atoms with van der Waals surface area (Å²) in [7, 11) is 1.85. The average molecular weight is 512 g/mol. The molecule has 0 saturated heterocycles.